The number of likely N-dealkylation sites (N-methyl/N-ethyl adjacent to an activating group) is 1. The molecule has 188 valence electrons. The third-order valence-electron chi connectivity index (χ3n) is 6.17. The second-order valence-electron chi connectivity index (χ2n) is 8.29. The van der Waals surface area contributed by atoms with Crippen molar-refractivity contribution in [2.45, 2.75) is 33.2 Å². The van der Waals surface area contributed by atoms with Crippen molar-refractivity contribution < 1.29 is 28.6 Å². The summed E-state index contributed by atoms with van der Waals surface area (Å²) in [6, 6.07) is 9.57. The Kier molecular flexibility index (Phi) is 8.87. The van der Waals surface area contributed by atoms with Crippen molar-refractivity contribution in [3.63, 3.8) is 0 Å². The average molecular weight is 485 g/mol. The van der Waals surface area contributed by atoms with Gasteiger partial charge < -0.3 is 24.4 Å². The van der Waals surface area contributed by atoms with Gasteiger partial charge in [0.25, 0.3) is 11.7 Å². The molecule has 0 radical (unpaired) electrons. The topological polar surface area (TPSA) is 79.3 Å². The summed E-state index contributed by atoms with van der Waals surface area (Å²) < 4.78 is 24.7. The van der Waals surface area contributed by atoms with Gasteiger partial charge in [0, 0.05) is 18.7 Å². The number of ketones is 1. The van der Waals surface area contributed by atoms with Gasteiger partial charge >= 0.3 is 0 Å². The lowest BCUT2D eigenvalue weighted by Gasteiger charge is -2.28. The molecule has 1 saturated heterocycles. The number of benzene rings is 2. The lowest BCUT2D eigenvalue weighted by Crippen LogP contribution is -2.38. The lowest BCUT2D eigenvalue weighted by atomic mass is 9.95. The largest absolute Gasteiger partial charge is 0.507 e. The Bertz CT molecular complexity index is 1080. The molecule has 0 saturated carbocycles. The predicted molar refractivity (Wildman–Crippen MR) is 132 cm³/mol. The first-order valence-electron chi connectivity index (χ1n) is 11.9. The number of methoxy groups -OCH3 is 1. The first kappa shape index (κ1) is 26.2. The molecule has 35 heavy (non-hydrogen) atoms. The van der Waals surface area contributed by atoms with Crippen LogP contribution < -0.4 is 9.47 Å². The minimum Gasteiger partial charge on any atom is -0.507 e. The van der Waals surface area contributed by atoms with E-state index < -0.39 is 23.5 Å². The van der Waals surface area contributed by atoms with Crippen molar-refractivity contribution in [1.29, 1.82) is 0 Å². The van der Waals surface area contributed by atoms with Crippen LogP contribution in [0.4, 0.5) is 4.39 Å². The standard InChI is InChI=1S/C27H33FN2O5/c1-5-16-35-21-13-10-19(17-22(21)34-4)24-23(25(31)18-8-11-20(28)12-9-18)26(32)27(33)30(24)15-14-29(6-2)7-3/h8-13,17,24,31H,5-7,14-16H2,1-4H3/t24-/m0/s1. The van der Waals surface area contributed by atoms with E-state index in [9.17, 15) is 19.1 Å². The fourth-order valence-electron chi connectivity index (χ4n) is 4.19. The Morgan fingerprint density at radius 1 is 1.06 bits per heavy atom. The lowest BCUT2D eigenvalue weighted by molar-refractivity contribution is -0.140. The molecule has 1 N–H and O–H groups in total. The van der Waals surface area contributed by atoms with Crippen LogP contribution in [-0.4, -0.2) is 66.5 Å². The van der Waals surface area contributed by atoms with Crippen molar-refractivity contribution in [1.82, 2.24) is 9.80 Å². The van der Waals surface area contributed by atoms with E-state index in [1.807, 2.05) is 20.8 Å². The summed E-state index contributed by atoms with van der Waals surface area (Å²) in [6.45, 7) is 9.06. The quantitative estimate of drug-likeness (QED) is 0.290. The summed E-state index contributed by atoms with van der Waals surface area (Å²) in [4.78, 5) is 29.9. The summed E-state index contributed by atoms with van der Waals surface area (Å²) in [5.74, 6) is -1.25. The molecular formula is C27H33FN2O5. The molecule has 0 aliphatic carbocycles. The molecule has 1 atom stereocenters. The summed E-state index contributed by atoms with van der Waals surface area (Å²) in [5.41, 5.74) is 0.826. The van der Waals surface area contributed by atoms with Gasteiger partial charge in [-0.2, -0.15) is 0 Å². The summed E-state index contributed by atoms with van der Waals surface area (Å²) >= 11 is 0. The maximum Gasteiger partial charge on any atom is 0.295 e. The van der Waals surface area contributed by atoms with Crippen LogP contribution in [0.2, 0.25) is 0 Å². The number of likely N-dealkylation sites (tertiary alicyclic amines) is 1. The summed E-state index contributed by atoms with van der Waals surface area (Å²) in [6.07, 6.45) is 0.827. The van der Waals surface area contributed by atoms with Crippen molar-refractivity contribution >= 4 is 17.4 Å². The molecule has 1 aliphatic rings. The van der Waals surface area contributed by atoms with Crippen molar-refractivity contribution in [3.8, 4) is 11.5 Å². The highest BCUT2D eigenvalue weighted by Crippen LogP contribution is 2.42. The third kappa shape index (κ3) is 5.65. The molecule has 2 aromatic rings. The maximum atomic E-state index is 13.5. The van der Waals surface area contributed by atoms with Crippen LogP contribution in [0.15, 0.2) is 48.0 Å². The molecule has 1 aliphatic heterocycles. The highest BCUT2D eigenvalue weighted by Gasteiger charge is 2.46. The zero-order valence-electron chi connectivity index (χ0n) is 20.7. The normalized spacial score (nSPS) is 17.3. The average Bonchev–Trinajstić information content (AvgIpc) is 3.13. The maximum absolute atomic E-state index is 13.5. The molecule has 7 nitrogen and oxygen atoms in total. The van der Waals surface area contributed by atoms with E-state index in [2.05, 4.69) is 4.90 Å². The minimum absolute atomic E-state index is 0.0366. The van der Waals surface area contributed by atoms with Crippen LogP contribution in [0.25, 0.3) is 5.76 Å². The van der Waals surface area contributed by atoms with Crippen LogP contribution in [0, 0.1) is 5.82 Å². The molecule has 1 amide bonds. The Morgan fingerprint density at radius 3 is 2.34 bits per heavy atom. The van der Waals surface area contributed by atoms with E-state index in [0.717, 1.165) is 19.5 Å². The van der Waals surface area contributed by atoms with Gasteiger partial charge in [0.2, 0.25) is 0 Å². The van der Waals surface area contributed by atoms with Crippen molar-refractivity contribution in [3.05, 3.63) is 65.0 Å². The first-order chi connectivity index (χ1) is 16.9. The van der Waals surface area contributed by atoms with Crippen LogP contribution >= 0.6 is 0 Å². The second kappa shape index (κ2) is 11.8. The minimum atomic E-state index is -0.829. The number of hydrogen-bond donors (Lipinski definition) is 1. The number of rotatable bonds is 11. The number of hydrogen-bond acceptors (Lipinski definition) is 6. The molecule has 0 unspecified atom stereocenters. The molecule has 0 bridgehead atoms. The van der Waals surface area contributed by atoms with Crippen LogP contribution in [0.3, 0.4) is 0 Å². The SMILES string of the molecule is CCCOc1ccc([C@H]2C(=C(O)c3ccc(F)cc3)C(=O)C(=O)N2CCN(CC)CC)cc1OC. The Hall–Kier alpha value is -3.39. The number of ether oxygens (including phenoxy) is 2. The number of carbonyl (C=O) groups is 2. The van der Waals surface area contributed by atoms with Crippen LogP contribution in [0.1, 0.15) is 44.4 Å². The van der Waals surface area contributed by atoms with Crippen molar-refractivity contribution in [2.75, 3.05) is 39.9 Å². The van der Waals surface area contributed by atoms with E-state index in [4.69, 9.17) is 9.47 Å². The fraction of sp³-hybridized carbons (Fsp3) is 0.407. The zero-order valence-corrected chi connectivity index (χ0v) is 20.7. The van der Waals surface area contributed by atoms with Gasteiger partial charge in [0.15, 0.2) is 11.5 Å². The van der Waals surface area contributed by atoms with Gasteiger partial charge in [-0.05, 0) is 61.5 Å². The summed E-state index contributed by atoms with van der Waals surface area (Å²) in [5, 5.41) is 11.1. The smallest absolute Gasteiger partial charge is 0.295 e. The number of amides is 1. The van der Waals surface area contributed by atoms with Gasteiger partial charge in [0.05, 0.1) is 25.3 Å². The molecule has 1 fully saturated rings. The van der Waals surface area contributed by atoms with E-state index in [1.165, 1.54) is 36.3 Å². The molecule has 8 heteroatoms. The van der Waals surface area contributed by atoms with Gasteiger partial charge in [0.1, 0.15) is 11.6 Å². The van der Waals surface area contributed by atoms with E-state index in [0.29, 0.717) is 36.8 Å². The highest BCUT2D eigenvalue weighted by molar-refractivity contribution is 6.46. The van der Waals surface area contributed by atoms with E-state index in [1.54, 1.807) is 18.2 Å². The van der Waals surface area contributed by atoms with Gasteiger partial charge in [-0.25, -0.2) is 4.39 Å². The first-order valence-corrected chi connectivity index (χ1v) is 11.9. The van der Waals surface area contributed by atoms with Crippen LogP contribution in [0.5, 0.6) is 11.5 Å². The van der Waals surface area contributed by atoms with Gasteiger partial charge in [-0.15, -0.1) is 0 Å². The monoisotopic (exact) mass is 484 g/mol. The van der Waals surface area contributed by atoms with E-state index in [-0.39, 0.29) is 16.9 Å². The number of aliphatic hydroxyl groups excluding tert-OH is 1. The number of aliphatic hydroxyl groups is 1. The van der Waals surface area contributed by atoms with Gasteiger partial charge in [-0.1, -0.05) is 26.8 Å². The zero-order chi connectivity index (χ0) is 25.5. The number of halogens is 1. The Morgan fingerprint density at radius 2 is 1.74 bits per heavy atom. The number of nitrogens with zero attached hydrogens (tertiary/aromatic N) is 2. The Balaban J connectivity index is 2.12. The molecule has 0 aromatic heterocycles. The van der Waals surface area contributed by atoms with Crippen LogP contribution in [-0.2, 0) is 9.59 Å². The molecule has 3 rings (SSSR count). The number of carbonyl (C=O) groups excluding carboxylic acids is 2. The predicted octanol–water partition coefficient (Wildman–Crippen LogP) is 4.39. The molecule has 1 heterocycles. The number of Topliss-reactive ketones (excluding diaryl/α,β-unsaturated/α-hetero) is 1. The molecular weight excluding hydrogens is 451 g/mol. The van der Waals surface area contributed by atoms with Gasteiger partial charge in [-0.3, -0.25) is 9.59 Å². The highest BCUT2D eigenvalue weighted by atomic mass is 19.1. The molecule has 2 aromatic carbocycles. The van der Waals surface area contributed by atoms with E-state index >= 15 is 0 Å². The summed E-state index contributed by atoms with van der Waals surface area (Å²) in [7, 11) is 1.52. The fourth-order valence-corrected chi connectivity index (χ4v) is 4.19. The Labute approximate surface area is 205 Å². The second-order valence-corrected chi connectivity index (χ2v) is 8.29. The molecule has 0 spiro atoms. The van der Waals surface area contributed by atoms with Crippen molar-refractivity contribution in [2.24, 2.45) is 0 Å². The third-order valence-corrected chi connectivity index (χ3v) is 6.17.